The summed E-state index contributed by atoms with van der Waals surface area (Å²) in [4.78, 5) is 2.48. The number of rotatable bonds is 7. The Morgan fingerprint density at radius 2 is 2.10 bits per heavy atom. The zero-order chi connectivity index (χ0) is 14.5. The maximum Gasteiger partial charge on any atom is 0.0874 e. The fourth-order valence-corrected chi connectivity index (χ4v) is 3.59. The third-order valence-corrected chi connectivity index (χ3v) is 5.93. The minimum atomic E-state index is 0.489. The number of nitrogens with one attached hydrogen (secondary N) is 1. The highest BCUT2D eigenvalue weighted by Gasteiger charge is 2.21. The first-order valence-corrected chi connectivity index (χ1v) is 9.09. The number of alkyl halides is 1. The highest BCUT2D eigenvalue weighted by Crippen LogP contribution is 2.32. The van der Waals surface area contributed by atoms with Crippen LogP contribution in [-0.2, 0) is 6.42 Å². The number of hydrogen-bond acceptors (Lipinski definition) is 2. The minimum absolute atomic E-state index is 0.489. The van der Waals surface area contributed by atoms with E-state index in [1.54, 1.807) is 0 Å². The van der Waals surface area contributed by atoms with E-state index < -0.39 is 0 Å². The first-order chi connectivity index (χ1) is 9.67. The molecule has 112 valence electrons. The molecule has 0 spiro atoms. The Hall–Kier alpha value is -0.130. The fourth-order valence-electron chi connectivity index (χ4n) is 2.70. The van der Waals surface area contributed by atoms with Gasteiger partial charge in [-0.1, -0.05) is 61.1 Å². The van der Waals surface area contributed by atoms with Crippen molar-refractivity contribution < 1.29 is 0 Å². The fraction of sp³-hybridized carbons (Fsp3) is 0.647. The monoisotopic (exact) mass is 386 g/mol. The highest BCUT2D eigenvalue weighted by atomic mass is 127. The Morgan fingerprint density at radius 1 is 1.35 bits per heavy atom. The number of nitrogens with zero attached hydrogens (tertiary/aromatic N) is 1. The van der Waals surface area contributed by atoms with E-state index >= 15 is 0 Å². The summed E-state index contributed by atoms with van der Waals surface area (Å²) in [5.41, 5.74) is 4.55. The van der Waals surface area contributed by atoms with Crippen LogP contribution in [-0.4, -0.2) is 31.6 Å². The second kappa shape index (κ2) is 7.76. The van der Waals surface area contributed by atoms with Crippen LogP contribution in [0.5, 0.6) is 0 Å². The van der Waals surface area contributed by atoms with Crippen molar-refractivity contribution in [3.05, 3.63) is 34.9 Å². The third-order valence-electron chi connectivity index (χ3n) is 4.31. The molecule has 0 saturated carbocycles. The molecule has 1 unspecified atom stereocenters. The van der Waals surface area contributed by atoms with Gasteiger partial charge in [0, 0.05) is 19.0 Å². The number of halogens is 1. The smallest absolute Gasteiger partial charge is 0.0874 e. The van der Waals surface area contributed by atoms with E-state index in [0.717, 1.165) is 25.4 Å². The van der Waals surface area contributed by atoms with Crippen LogP contribution < -0.4 is 5.32 Å². The van der Waals surface area contributed by atoms with E-state index in [1.807, 2.05) is 0 Å². The van der Waals surface area contributed by atoms with Gasteiger partial charge >= 0.3 is 0 Å². The standard InChI is InChI=1S/C17H27IN2/c1-4-6-9-20(3)17(18)16-8-7-14(10-13(16)5-2)15-11-19-12-15/h7-8,10,15,17,19H,4-6,9,11-12H2,1-3H3. The summed E-state index contributed by atoms with van der Waals surface area (Å²) < 4.78 is 0.489. The van der Waals surface area contributed by atoms with Gasteiger partial charge in [0.1, 0.15) is 0 Å². The van der Waals surface area contributed by atoms with E-state index in [4.69, 9.17) is 0 Å². The van der Waals surface area contributed by atoms with Gasteiger partial charge in [-0.25, -0.2) is 0 Å². The lowest BCUT2D eigenvalue weighted by molar-refractivity contribution is 0.323. The predicted octanol–water partition coefficient (Wildman–Crippen LogP) is 4.10. The molecule has 1 heterocycles. The average molecular weight is 386 g/mol. The van der Waals surface area contributed by atoms with Crippen molar-refractivity contribution in [2.75, 3.05) is 26.7 Å². The summed E-state index contributed by atoms with van der Waals surface area (Å²) in [6.07, 6.45) is 3.68. The topological polar surface area (TPSA) is 15.3 Å². The van der Waals surface area contributed by atoms with Crippen LogP contribution in [0.4, 0.5) is 0 Å². The predicted molar refractivity (Wildman–Crippen MR) is 95.7 cm³/mol. The zero-order valence-electron chi connectivity index (χ0n) is 13.0. The normalized spacial score (nSPS) is 17.2. The number of hydrogen-bond donors (Lipinski definition) is 1. The zero-order valence-corrected chi connectivity index (χ0v) is 15.1. The molecule has 0 bridgehead atoms. The van der Waals surface area contributed by atoms with Crippen LogP contribution in [0, 0.1) is 0 Å². The third kappa shape index (κ3) is 3.74. The molecule has 1 atom stereocenters. The van der Waals surface area contributed by atoms with E-state index in [-0.39, 0.29) is 0 Å². The Labute approximate surface area is 137 Å². The van der Waals surface area contributed by atoms with Crippen molar-refractivity contribution in [2.24, 2.45) is 0 Å². The molecule has 3 heteroatoms. The lowest BCUT2D eigenvalue weighted by atomic mass is 9.90. The molecular weight excluding hydrogens is 359 g/mol. The van der Waals surface area contributed by atoms with Gasteiger partial charge in [0.2, 0.25) is 0 Å². The second-order valence-corrected chi connectivity index (χ2v) is 7.02. The molecule has 0 aromatic heterocycles. The second-order valence-electron chi connectivity index (χ2n) is 5.84. The molecule has 0 amide bonds. The molecule has 1 saturated heterocycles. The molecule has 1 aromatic carbocycles. The van der Waals surface area contributed by atoms with Gasteiger partial charge in [-0.3, -0.25) is 4.90 Å². The Balaban J connectivity index is 2.13. The minimum Gasteiger partial charge on any atom is -0.315 e. The van der Waals surface area contributed by atoms with Gasteiger partial charge in [0.15, 0.2) is 0 Å². The van der Waals surface area contributed by atoms with Crippen LogP contribution in [0.3, 0.4) is 0 Å². The van der Waals surface area contributed by atoms with Gasteiger partial charge in [0.05, 0.1) is 4.05 Å². The average Bonchev–Trinajstić information content (AvgIpc) is 2.42. The largest absolute Gasteiger partial charge is 0.315 e. The Kier molecular flexibility index (Phi) is 6.30. The summed E-state index contributed by atoms with van der Waals surface area (Å²) in [6, 6.07) is 7.16. The molecule has 20 heavy (non-hydrogen) atoms. The van der Waals surface area contributed by atoms with E-state index in [9.17, 15) is 0 Å². The lowest BCUT2D eigenvalue weighted by Gasteiger charge is -2.30. The van der Waals surface area contributed by atoms with Gasteiger partial charge in [-0.2, -0.15) is 0 Å². The molecule has 1 aliphatic heterocycles. The maximum absolute atomic E-state index is 3.37. The number of aryl methyl sites for hydroxylation is 1. The molecule has 2 nitrogen and oxygen atoms in total. The lowest BCUT2D eigenvalue weighted by Crippen LogP contribution is -2.39. The molecule has 0 radical (unpaired) electrons. The molecule has 1 aliphatic rings. The summed E-state index contributed by atoms with van der Waals surface area (Å²) in [6.45, 7) is 8.01. The van der Waals surface area contributed by atoms with E-state index in [2.05, 4.69) is 71.9 Å². The molecule has 1 N–H and O–H groups in total. The summed E-state index contributed by atoms with van der Waals surface area (Å²) in [7, 11) is 2.25. The Bertz CT molecular complexity index is 429. The quantitative estimate of drug-likeness (QED) is 0.431. The van der Waals surface area contributed by atoms with Gasteiger partial charge in [0.25, 0.3) is 0 Å². The van der Waals surface area contributed by atoms with Crippen molar-refractivity contribution in [1.29, 1.82) is 0 Å². The van der Waals surface area contributed by atoms with Crippen LogP contribution >= 0.6 is 22.6 Å². The first-order valence-electron chi connectivity index (χ1n) is 7.85. The molecule has 1 aromatic rings. The van der Waals surface area contributed by atoms with Crippen molar-refractivity contribution in [2.45, 2.75) is 43.1 Å². The molecule has 2 rings (SSSR count). The number of unbranched alkanes of at least 4 members (excludes halogenated alkanes) is 1. The van der Waals surface area contributed by atoms with Crippen LogP contribution in [0.2, 0.25) is 0 Å². The van der Waals surface area contributed by atoms with Gasteiger partial charge in [-0.05, 0) is 43.1 Å². The van der Waals surface area contributed by atoms with Crippen molar-refractivity contribution in [3.8, 4) is 0 Å². The van der Waals surface area contributed by atoms with Gasteiger partial charge < -0.3 is 5.32 Å². The van der Waals surface area contributed by atoms with Crippen molar-refractivity contribution >= 4 is 22.6 Å². The molecular formula is C17H27IN2. The van der Waals surface area contributed by atoms with Crippen molar-refractivity contribution in [3.63, 3.8) is 0 Å². The highest BCUT2D eigenvalue weighted by molar-refractivity contribution is 14.1. The van der Waals surface area contributed by atoms with Gasteiger partial charge in [-0.15, -0.1) is 0 Å². The summed E-state index contributed by atoms with van der Waals surface area (Å²) >= 11 is 2.59. The van der Waals surface area contributed by atoms with Crippen LogP contribution in [0.15, 0.2) is 18.2 Å². The molecule has 1 fully saturated rings. The van der Waals surface area contributed by atoms with E-state index in [1.165, 1.54) is 36.1 Å². The van der Waals surface area contributed by atoms with Crippen LogP contribution in [0.25, 0.3) is 0 Å². The van der Waals surface area contributed by atoms with Crippen LogP contribution in [0.1, 0.15) is 53.3 Å². The SMILES string of the molecule is CCCCN(C)C(I)c1ccc(C2CNC2)cc1CC. The summed E-state index contributed by atoms with van der Waals surface area (Å²) in [5.74, 6) is 0.736. The Morgan fingerprint density at radius 3 is 2.65 bits per heavy atom. The van der Waals surface area contributed by atoms with E-state index in [0.29, 0.717) is 4.05 Å². The molecule has 0 aliphatic carbocycles. The number of benzene rings is 1. The van der Waals surface area contributed by atoms with Crippen molar-refractivity contribution in [1.82, 2.24) is 10.2 Å². The first kappa shape index (κ1) is 16.2. The maximum atomic E-state index is 3.37. The summed E-state index contributed by atoms with van der Waals surface area (Å²) in [5, 5.41) is 3.37.